The molecule has 3 rings (SSSR count). The molecule has 0 spiro atoms. The highest BCUT2D eigenvalue weighted by Gasteiger charge is 2.11. The SMILES string of the molecule is Cc1ccc(NC(=O)CSc2ncc(-c3ccccc3)n2C)c(C)c1. The number of aryl methyl sites for hydroxylation is 2. The molecule has 0 radical (unpaired) electrons. The average Bonchev–Trinajstić information content (AvgIpc) is 2.97. The Morgan fingerprint density at radius 1 is 1.16 bits per heavy atom. The highest BCUT2D eigenvalue weighted by Crippen LogP contribution is 2.25. The van der Waals surface area contributed by atoms with Crippen molar-refractivity contribution in [3.05, 3.63) is 65.9 Å². The van der Waals surface area contributed by atoms with E-state index in [0.717, 1.165) is 27.7 Å². The Morgan fingerprint density at radius 2 is 1.92 bits per heavy atom. The quantitative estimate of drug-likeness (QED) is 0.692. The Morgan fingerprint density at radius 3 is 2.64 bits per heavy atom. The Balaban J connectivity index is 1.64. The number of hydrogen-bond acceptors (Lipinski definition) is 3. The minimum atomic E-state index is -0.0267. The van der Waals surface area contributed by atoms with Gasteiger partial charge in [-0.2, -0.15) is 0 Å². The smallest absolute Gasteiger partial charge is 0.234 e. The van der Waals surface area contributed by atoms with E-state index in [1.54, 1.807) is 0 Å². The van der Waals surface area contributed by atoms with Crippen molar-refractivity contribution in [3.8, 4) is 11.3 Å². The number of amides is 1. The van der Waals surface area contributed by atoms with Gasteiger partial charge >= 0.3 is 0 Å². The maximum atomic E-state index is 12.2. The van der Waals surface area contributed by atoms with Gasteiger partial charge in [-0.25, -0.2) is 4.98 Å². The molecule has 0 aliphatic rings. The molecule has 4 nitrogen and oxygen atoms in total. The molecule has 1 aromatic heterocycles. The number of anilines is 1. The maximum Gasteiger partial charge on any atom is 0.234 e. The number of rotatable bonds is 5. The minimum absolute atomic E-state index is 0.0267. The van der Waals surface area contributed by atoms with E-state index in [9.17, 15) is 4.79 Å². The second kappa shape index (κ2) is 7.57. The molecule has 5 heteroatoms. The number of aromatic nitrogens is 2. The van der Waals surface area contributed by atoms with Crippen LogP contribution in [0.15, 0.2) is 59.9 Å². The predicted molar refractivity (Wildman–Crippen MR) is 104 cm³/mol. The summed E-state index contributed by atoms with van der Waals surface area (Å²) >= 11 is 1.44. The lowest BCUT2D eigenvalue weighted by atomic mass is 10.1. The van der Waals surface area contributed by atoms with Gasteiger partial charge < -0.3 is 9.88 Å². The summed E-state index contributed by atoms with van der Waals surface area (Å²) in [4.78, 5) is 16.7. The third kappa shape index (κ3) is 4.12. The standard InChI is InChI=1S/C20H21N3OS/c1-14-9-10-17(15(2)11-14)22-19(24)13-25-20-21-12-18(23(20)3)16-7-5-4-6-8-16/h4-12H,13H2,1-3H3,(H,22,24). The summed E-state index contributed by atoms with van der Waals surface area (Å²) in [6.45, 7) is 4.04. The molecule has 1 N–H and O–H groups in total. The van der Waals surface area contributed by atoms with Gasteiger partial charge in [0.05, 0.1) is 17.6 Å². The van der Waals surface area contributed by atoms with Crippen molar-refractivity contribution in [3.63, 3.8) is 0 Å². The van der Waals surface area contributed by atoms with E-state index < -0.39 is 0 Å². The molecule has 0 saturated heterocycles. The van der Waals surface area contributed by atoms with E-state index in [-0.39, 0.29) is 5.91 Å². The first-order valence-corrected chi connectivity index (χ1v) is 9.10. The van der Waals surface area contributed by atoms with Crippen LogP contribution in [-0.2, 0) is 11.8 Å². The van der Waals surface area contributed by atoms with Crippen LogP contribution in [0, 0.1) is 13.8 Å². The van der Waals surface area contributed by atoms with Gasteiger partial charge in [-0.3, -0.25) is 4.79 Å². The first kappa shape index (κ1) is 17.3. The van der Waals surface area contributed by atoms with Crippen molar-refractivity contribution >= 4 is 23.4 Å². The number of nitrogens with zero attached hydrogens (tertiary/aromatic N) is 2. The van der Waals surface area contributed by atoms with Gasteiger partial charge in [0.2, 0.25) is 5.91 Å². The number of carbonyl (C=O) groups is 1. The summed E-state index contributed by atoms with van der Waals surface area (Å²) in [6, 6.07) is 16.1. The summed E-state index contributed by atoms with van der Waals surface area (Å²) in [5, 5.41) is 3.80. The lowest BCUT2D eigenvalue weighted by Gasteiger charge is -2.09. The molecule has 0 aliphatic heterocycles. The van der Waals surface area contributed by atoms with Crippen LogP contribution in [0.2, 0.25) is 0 Å². The second-order valence-electron chi connectivity index (χ2n) is 6.01. The number of hydrogen-bond donors (Lipinski definition) is 1. The van der Waals surface area contributed by atoms with Crippen LogP contribution >= 0.6 is 11.8 Å². The fraction of sp³-hybridized carbons (Fsp3) is 0.200. The summed E-state index contributed by atoms with van der Waals surface area (Å²) in [7, 11) is 1.97. The number of imidazole rings is 1. The van der Waals surface area contributed by atoms with Gasteiger partial charge in [-0.1, -0.05) is 59.8 Å². The average molecular weight is 351 g/mol. The van der Waals surface area contributed by atoms with E-state index in [2.05, 4.69) is 28.5 Å². The molecular formula is C20H21N3OS. The van der Waals surface area contributed by atoms with Gasteiger partial charge in [-0.15, -0.1) is 0 Å². The molecule has 0 atom stereocenters. The summed E-state index contributed by atoms with van der Waals surface area (Å²) in [5.74, 6) is 0.299. The number of thioether (sulfide) groups is 1. The monoisotopic (exact) mass is 351 g/mol. The van der Waals surface area contributed by atoms with E-state index in [4.69, 9.17) is 0 Å². The normalized spacial score (nSPS) is 10.7. The third-order valence-electron chi connectivity index (χ3n) is 4.00. The van der Waals surface area contributed by atoms with Crippen molar-refractivity contribution in [1.29, 1.82) is 0 Å². The fourth-order valence-corrected chi connectivity index (χ4v) is 3.43. The van der Waals surface area contributed by atoms with Crippen LogP contribution in [0.3, 0.4) is 0 Å². The van der Waals surface area contributed by atoms with Crippen LogP contribution in [0.1, 0.15) is 11.1 Å². The topological polar surface area (TPSA) is 46.9 Å². The molecule has 0 unspecified atom stereocenters. The summed E-state index contributed by atoms with van der Waals surface area (Å²) in [6.07, 6.45) is 1.85. The van der Waals surface area contributed by atoms with Gasteiger partial charge in [0.1, 0.15) is 0 Å². The molecule has 0 aliphatic carbocycles. The van der Waals surface area contributed by atoms with Crippen LogP contribution in [0.25, 0.3) is 11.3 Å². The van der Waals surface area contributed by atoms with Crippen molar-refractivity contribution < 1.29 is 4.79 Å². The van der Waals surface area contributed by atoms with Gasteiger partial charge in [0, 0.05) is 12.7 Å². The predicted octanol–water partition coefficient (Wildman–Crippen LogP) is 4.43. The molecular weight excluding hydrogens is 330 g/mol. The highest BCUT2D eigenvalue weighted by molar-refractivity contribution is 7.99. The van der Waals surface area contributed by atoms with E-state index in [0.29, 0.717) is 5.75 Å². The first-order chi connectivity index (χ1) is 12.0. The Bertz CT molecular complexity index is 887. The van der Waals surface area contributed by atoms with Gasteiger partial charge in [0.25, 0.3) is 0 Å². The molecule has 25 heavy (non-hydrogen) atoms. The largest absolute Gasteiger partial charge is 0.325 e. The van der Waals surface area contributed by atoms with Crippen molar-refractivity contribution in [2.75, 3.05) is 11.1 Å². The van der Waals surface area contributed by atoms with E-state index in [1.807, 2.05) is 62.0 Å². The molecule has 2 aromatic carbocycles. The van der Waals surface area contributed by atoms with Gasteiger partial charge in [-0.05, 0) is 31.0 Å². The molecule has 0 bridgehead atoms. The van der Waals surface area contributed by atoms with Crippen LogP contribution in [0.5, 0.6) is 0 Å². The number of benzene rings is 2. The zero-order valence-electron chi connectivity index (χ0n) is 14.6. The lowest BCUT2D eigenvalue weighted by molar-refractivity contribution is -0.113. The number of carbonyl (C=O) groups excluding carboxylic acids is 1. The van der Waals surface area contributed by atoms with Gasteiger partial charge in [0.15, 0.2) is 5.16 Å². The zero-order valence-corrected chi connectivity index (χ0v) is 15.4. The van der Waals surface area contributed by atoms with Crippen molar-refractivity contribution in [2.24, 2.45) is 7.05 Å². The van der Waals surface area contributed by atoms with E-state index in [1.165, 1.54) is 17.3 Å². The zero-order chi connectivity index (χ0) is 17.8. The van der Waals surface area contributed by atoms with Crippen LogP contribution in [-0.4, -0.2) is 21.2 Å². The van der Waals surface area contributed by atoms with E-state index >= 15 is 0 Å². The molecule has 1 heterocycles. The molecule has 0 fully saturated rings. The van der Waals surface area contributed by atoms with Crippen molar-refractivity contribution in [2.45, 2.75) is 19.0 Å². The number of nitrogens with one attached hydrogen (secondary N) is 1. The summed E-state index contributed by atoms with van der Waals surface area (Å²) in [5.41, 5.74) is 5.27. The van der Waals surface area contributed by atoms with Crippen LogP contribution < -0.4 is 5.32 Å². The van der Waals surface area contributed by atoms with Crippen molar-refractivity contribution in [1.82, 2.24) is 9.55 Å². The third-order valence-corrected chi connectivity index (χ3v) is 5.05. The Hall–Kier alpha value is -2.53. The molecule has 128 valence electrons. The maximum absolute atomic E-state index is 12.2. The molecule has 3 aromatic rings. The lowest BCUT2D eigenvalue weighted by Crippen LogP contribution is -2.15. The molecule has 1 amide bonds. The Labute approximate surface area is 152 Å². The second-order valence-corrected chi connectivity index (χ2v) is 6.95. The fourth-order valence-electron chi connectivity index (χ4n) is 2.67. The van der Waals surface area contributed by atoms with Crippen LogP contribution in [0.4, 0.5) is 5.69 Å². The molecule has 0 saturated carbocycles. The summed E-state index contributed by atoms with van der Waals surface area (Å²) < 4.78 is 2.02. The minimum Gasteiger partial charge on any atom is -0.325 e. The first-order valence-electron chi connectivity index (χ1n) is 8.11. The Kier molecular flexibility index (Phi) is 5.24. The highest BCUT2D eigenvalue weighted by atomic mass is 32.2.